The first kappa shape index (κ1) is 12.8. The number of hydrogen-bond acceptors (Lipinski definition) is 5. The average Bonchev–Trinajstić information content (AvgIpc) is 2.41. The summed E-state index contributed by atoms with van der Waals surface area (Å²) in [4.78, 5) is 15.1. The van der Waals surface area contributed by atoms with Crippen molar-refractivity contribution in [2.75, 3.05) is 5.73 Å². The topological polar surface area (TPSA) is 111 Å². The number of carbonyl (C=O) groups excluding carboxylic acids is 1. The molecule has 0 bridgehead atoms. The van der Waals surface area contributed by atoms with Crippen LogP contribution >= 0.6 is 0 Å². The van der Waals surface area contributed by atoms with E-state index in [1.165, 1.54) is 12.3 Å². The number of anilines is 1. The number of pyridine rings is 1. The van der Waals surface area contributed by atoms with Crippen LogP contribution in [0.25, 0.3) is 0 Å². The van der Waals surface area contributed by atoms with Crippen LogP contribution in [-0.4, -0.2) is 16.0 Å². The van der Waals surface area contributed by atoms with Gasteiger partial charge >= 0.3 is 0 Å². The highest BCUT2D eigenvalue weighted by atomic mass is 16.5. The van der Waals surface area contributed by atoms with Gasteiger partial charge in [-0.15, -0.1) is 0 Å². The molecule has 6 nitrogen and oxygen atoms in total. The Morgan fingerprint density at radius 3 is 2.79 bits per heavy atom. The van der Waals surface area contributed by atoms with E-state index in [9.17, 15) is 9.90 Å². The second kappa shape index (κ2) is 5.36. The smallest absolute Gasteiger partial charge is 0.251 e. The molecule has 0 aliphatic carbocycles. The Balaban J connectivity index is 2.33. The minimum atomic E-state index is -0.653. The molecule has 0 radical (unpaired) electrons. The molecule has 2 aromatic rings. The van der Waals surface area contributed by atoms with Gasteiger partial charge < -0.3 is 21.3 Å². The molecule has 0 saturated heterocycles. The van der Waals surface area contributed by atoms with Crippen LogP contribution < -0.4 is 16.2 Å². The van der Waals surface area contributed by atoms with Gasteiger partial charge in [0.05, 0.1) is 24.1 Å². The molecule has 0 saturated carbocycles. The Kier molecular flexibility index (Phi) is 3.63. The molecule has 2 rings (SSSR count). The fourth-order valence-electron chi connectivity index (χ4n) is 1.56. The normalized spacial score (nSPS) is 10.2. The highest BCUT2D eigenvalue weighted by Crippen LogP contribution is 2.25. The van der Waals surface area contributed by atoms with E-state index in [0.29, 0.717) is 11.3 Å². The van der Waals surface area contributed by atoms with Crippen LogP contribution in [0.4, 0.5) is 5.69 Å². The number of hydrogen-bond donors (Lipinski definition) is 3. The SMILES string of the molecule is NC(=O)c1cc(Oc2ccccc2CO)ncc1N. The van der Waals surface area contributed by atoms with Gasteiger partial charge in [-0.2, -0.15) is 0 Å². The number of nitrogen functional groups attached to an aromatic ring is 1. The first-order valence-corrected chi connectivity index (χ1v) is 5.53. The van der Waals surface area contributed by atoms with Crippen molar-refractivity contribution in [2.24, 2.45) is 5.73 Å². The molecule has 1 amide bonds. The number of carbonyl (C=O) groups is 1. The maximum absolute atomic E-state index is 11.2. The Bertz CT molecular complexity index is 614. The first-order chi connectivity index (χ1) is 9.11. The standard InChI is InChI=1S/C13H13N3O3/c14-10-6-16-12(5-9(10)13(15)18)19-11-4-2-1-3-8(11)7-17/h1-6,17H,7,14H2,(H2,15,18). The van der Waals surface area contributed by atoms with Gasteiger partial charge in [-0.1, -0.05) is 18.2 Å². The number of primary amides is 1. The second-order valence-corrected chi connectivity index (χ2v) is 3.84. The highest BCUT2D eigenvalue weighted by Gasteiger charge is 2.10. The second-order valence-electron chi connectivity index (χ2n) is 3.84. The van der Waals surface area contributed by atoms with Crippen LogP contribution in [0.2, 0.25) is 0 Å². The quantitative estimate of drug-likeness (QED) is 0.759. The molecule has 1 aromatic heterocycles. The fourth-order valence-corrected chi connectivity index (χ4v) is 1.56. The predicted octanol–water partition coefficient (Wildman–Crippen LogP) is 1.05. The van der Waals surface area contributed by atoms with E-state index in [0.717, 1.165) is 0 Å². The molecule has 0 aliphatic heterocycles. The number of rotatable bonds is 4. The zero-order chi connectivity index (χ0) is 13.8. The van der Waals surface area contributed by atoms with Crippen LogP contribution in [0.1, 0.15) is 15.9 Å². The van der Waals surface area contributed by atoms with E-state index in [-0.39, 0.29) is 23.7 Å². The van der Waals surface area contributed by atoms with Gasteiger partial charge in [0.15, 0.2) is 0 Å². The zero-order valence-electron chi connectivity index (χ0n) is 10.0. The zero-order valence-corrected chi connectivity index (χ0v) is 10.0. The van der Waals surface area contributed by atoms with Gasteiger partial charge in [-0.3, -0.25) is 4.79 Å². The molecule has 0 unspecified atom stereocenters. The number of aliphatic hydroxyl groups is 1. The number of benzene rings is 1. The largest absolute Gasteiger partial charge is 0.439 e. The van der Waals surface area contributed by atoms with E-state index < -0.39 is 5.91 Å². The van der Waals surface area contributed by atoms with Crippen molar-refractivity contribution >= 4 is 11.6 Å². The summed E-state index contributed by atoms with van der Waals surface area (Å²) in [5, 5.41) is 9.19. The number of nitrogens with zero attached hydrogens (tertiary/aromatic N) is 1. The molecule has 0 fully saturated rings. The molecule has 1 heterocycles. The predicted molar refractivity (Wildman–Crippen MR) is 69.6 cm³/mol. The van der Waals surface area contributed by atoms with E-state index in [4.69, 9.17) is 16.2 Å². The molecule has 19 heavy (non-hydrogen) atoms. The van der Waals surface area contributed by atoms with Crippen LogP contribution in [0, 0.1) is 0 Å². The fraction of sp³-hybridized carbons (Fsp3) is 0.0769. The summed E-state index contributed by atoms with van der Waals surface area (Å²) in [6, 6.07) is 8.32. The lowest BCUT2D eigenvalue weighted by Crippen LogP contribution is -2.14. The number of aromatic nitrogens is 1. The van der Waals surface area contributed by atoms with E-state index in [1.807, 2.05) is 0 Å². The van der Waals surface area contributed by atoms with E-state index in [2.05, 4.69) is 4.98 Å². The summed E-state index contributed by atoms with van der Waals surface area (Å²) in [7, 11) is 0. The van der Waals surface area contributed by atoms with Crippen molar-refractivity contribution < 1.29 is 14.6 Å². The van der Waals surface area contributed by atoms with Gasteiger partial charge in [0.25, 0.3) is 5.91 Å². The minimum absolute atomic E-state index is 0.145. The van der Waals surface area contributed by atoms with Crippen LogP contribution in [0.15, 0.2) is 36.5 Å². The number of aliphatic hydroxyl groups excluding tert-OH is 1. The van der Waals surface area contributed by atoms with Crippen molar-refractivity contribution in [3.63, 3.8) is 0 Å². The average molecular weight is 259 g/mol. The Hall–Kier alpha value is -2.60. The Morgan fingerprint density at radius 2 is 2.11 bits per heavy atom. The van der Waals surface area contributed by atoms with Crippen LogP contribution in [-0.2, 0) is 6.61 Å². The molecule has 0 spiro atoms. The van der Waals surface area contributed by atoms with Crippen molar-refractivity contribution in [3.05, 3.63) is 47.7 Å². The number of amides is 1. The third-order valence-electron chi connectivity index (χ3n) is 2.53. The molecular formula is C13H13N3O3. The summed E-state index contributed by atoms with van der Waals surface area (Å²) in [6.07, 6.45) is 1.30. The Morgan fingerprint density at radius 1 is 1.37 bits per heavy atom. The lowest BCUT2D eigenvalue weighted by molar-refractivity contribution is 0.100. The maximum Gasteiger partial charge on any atom is 0.251 e. The molecule has 6 heteroatoms. The summed E-state index contributed by atoms with van der Waals surface area (Å²) in [5.74, 6) is -0.0122. The third-order valence-corrected chi connectivity index (χ3v) is 2.53. The summed E-state index contributed by atoms with van der Waals surface area (Å²) >= 11 is 0. The first-order valence-electron chi connectivity index (χ1n) is 5.53. The third kappa shape index (κ3) is 2.80. The van der Waals surface area contributed by atoms with Crippen LogP contribution in [0.5, 0.6) is 11.6 Å². The lowest BCUT2D eigenvalue weighted by Gasteiger charge is -2.09. The maximum atomic E-state index is 11.2. The lowest BCUT2D eigenvalue weighted by atomic mass is 10.2. The summed E-state index contributed by atoms with van der Waals surface area (Å²) in [6.45, 7) is -0.159. The van der Waals surface area contributed by atoms with Crippen molar-refractivity contribution in [3.8, 4) is 11.6 Å². The molecule has 1 aromatic carbocycles. The Labute approximate surface area is 109 Å². The van der Waals surface area contributed by atoms with Gasteiger partial charge in [0, 0.05) is 11.6 Å². The van der Waals surface area contributed by atoms with Crippen molar-refractivity contribution in [1.29, 1.82) is 0 Å². The molecule has 5 N–H and O–H groups in total. The molecular weight excluding hydrogens is 246 g/mol. The van der Waals surface area contributed by atoms with Gasteiger partial charge in [0.1, 0.15) is 5.75 Å². The molecule has 98 valence electrons. The monoisotopic (exact) mass is 259 g/mol. The number of nitrogens with two attached hydrogens (primary N) is 2. The van der Waals surface area contributed by atoms with Gasteiger partial charge in [-0.05, 0) is 6.07 Å². The van der Waals surface area contributed by atoms with Crippen LogP contribution in [0.3, 0.4) is 0 Å². The minimum Gasteiger partial charge on any atom is -0.439 e. The van der Waals surface area contributed by atoms with E-state index in [1.54, 1.807) is 24.3 Å². The van der Waals surface area contributed by atoms with Crippen molar-refractivity contribution in [2.45, 2.75) is 6.61 Å². The summed E-state index contributed by atoms with van der Waals surface area (Å²) in [5.41, 5.74) is 11.7. The van der Waals surface area contributed by atoms with Gasteiger partial charge in [-0.25, -0.2) is 4.98 Å². The number of ether oxygens (including phenoxy) is 1. The summed E-state index contributed by atoms with van der Waals surface area (Å²) < 4.78 is 5.51. The van der Waals surface area contributed by atoms with Gasteiger partial charge in [0.2, 0.25) is 5.88 Å². The van der Waals surface area contributed by atoms with Crippen molar-refractivity contribution in [1.82, 2.24) is 4.98 Å². The molecule has 0 atom stereocenters. The number of para-hydroxylation sites is 1. The van der Waals surface area contributed by atoms with E-state index >= 15 is 0 Å². The highest BCUT2D eigenvalue weighted by molar-refractivity contribution is 5.98. The molecule has 0 aliphatic rings.